The number of nitrogens with one attached hydrogen (secondary N) is 1. The first-order chi connectivity index (χ1) is 9.04. The topological polar surface area (TPSA) is 52.6 Å². The summed E-state index contributed by atoms with van der Waals surface area (Å²) in [7, 11) is 0. The number of amides is 1. The fourth-order valence-corrected chi connectivity index (χ4v) is 2.79. The molecule has 2 atom stereocenters. The van der Waals surface area contributed by atoms with Crippen LogP contribution in [0, 0.1) is 13.8 Å². The molecule has 1 amide bonds. The first-order valence-electron chi connectivity index (χ1n) is 6.79. The van der Waals surface area contributed by atoms with Gasteiger partial charge in [0.15, 0.2) is 0 Å². The summed E-state index contributed by atoms with van der Waals surface area (Å²) in [4.78, 5) is 14.4. The molecule has 2 N–H and O–H groups in total. The largest absolute Gasteiger partial charge is 0.396 e. The molecule has 1 saturated heterocycles. The number of benzene rings is 1. The van der Waals surface area contributed by atoms with E-state index in [2.05, 4.69) is 12.2 Å². The van der Waals surface area contributed by atoms with E-state index in [1.807, 2.05) is 36.9 Å². The second-order valence-electron chi connectivity index (χ2n) is 5.32. The number of aryl methyl sites for hydroxylation is 2. The van der Waals surface area contributed by atoms with Gasteiger partial charge in [0.05, 0.1) is 6.04 Å². The number of carbonyl (C=O) groups excluding carboxylic acids is 1. The Kier molecular flexibility index (Phi) is 4.22. The quantitative estimate of drug-likeness (QED) is 0.865. The van der Waals surface area contributed by atoms with Crippen LogP contribution in [0.1, 0.15) is 24.5 Å². The maximum Gasteiger partial charge on any atom is 0.244 e. The minimum atomic E-state index is -0.284. The molecule has 0 aliphatic carbocycles. The van der Waals surface area contributed by atoms with Crippen LogP contribution >= 0.6 is 0 Å². The third kappa shape index (κ3) is 2.80. The molecule has 19 heavy (non-hydrogen) atoms. The van der Waals surface area contributed by atoms with Gasteiger partial charge in [-0.15, -0.1) is 0 Å². The van der Waals surface area contributed by atoms with Crippen LogP contribution in [0.4, 0.5) is 5.69 Å². The van der Waals surface area contributed by atoms with Crippen LogP contribution in [0.2, 0.25) is 0 Å². The van der Waals surface area contributed by atoms with E-state index in [9.17, 15) is 4.79 Å². The van der Waals surface area contributed by atoms with Gasteiger partial charge in [-0.2, -0.15) is 0 Å². The fourth-order valence-electron chi connectivity index (χ4n) is 2.79. The number of piperazine rings is 1. The average Bonchev–Trinajstić information content (AvgIpc) is 2.34. The van der Waals surface area contributed by atoms with Crippen LogP contribution in [0.5, 0.6) is 0 Å². The van der Waals surface area contributed by atoms with E-state index in [-0.39, 0.29) is 24.6 Å². The van der Waals surface area contributed by atoms with Crippen molar-refractivity contribution in [2.45, 2.75) is 39.3 Å². The molecule has 4 heteroatoms. The molecule has 2 rings (SSSR count). The van der Waals surface area contributed by atoms with Gasteiger partial charge in [-0.3, -0.25) is 4.79 Å². The lowest BCUT2D eigenvalue weighted by Gasteiger charge is -2.38. The van der Waals surface area contributed by atoms with E-state index in [1.54, 1.807) is 0 Å². The zero-order chi connectivity index (χ0) is 14.0. The number of aliphatic hydroxyl groups excluding tert-OH is 1. The Morgan fingerprint density at radius 3 is 2.58 bits per heavy atom. The third-order valence-corrected chi connectivity index (χ3v) is 3.63. The summed E-state index contributed by atoms with van der Waals surface area (Å²) in [5.74, 6) is 0.0598. The van der Waals surface area contributed by atoms with E-state index in [4.69, 9.17) is 5.11 Å². The summed E-state index contributed by atoms with van der Waals surface area (Å²) in [5.41, 5.74) is 3.25. The van der Waals surface area contributed by atoms with Crippen molar-refractivity contribution < 1.29 is 9.90 Å². The van der Waals surface area contributed by atoms with Crippen LogP contribution < -0.4 is 10.2 Å². The first-order valence-corrected chi connectivity index (χ1v) is 6.79. The minimum Gasteiger partial charge on any atom is -0.396 e. The van der Waals surface area contributed by atoms with E-state index in [0.29, 0.717) is 13.0 Å². The van der Waals surface area contributed by atoms with E-state index in [0.717, 1.165) is 16.8 Å². The number of para-hydroxylation sites is 1. The standard InChI is InChI=1S/C15H22N2O2/c1-10-5-4-6-11(2)14(10)17-9-12(3)16-13(7-8-18)15(17)19/h4-6,12-13,16,18H,7-9H2,1-3H3. The van der Waals surface area contributed by atoms with Crippen molar-refractivity contribution in [3.05, 3.63) is 29.3 Å². The monoisotopic (exact) mass is 262 g/mol. The van der Waals surface area contributed by atoms with Gasteiger partial charge >= 0.3 is 0 Å². The highest BCUT2D eigenvalue weighted by Crippen LogP contribution is 2.27. The van der Waals surface area contributed by atoms with Gasteiger partial charge < -0.3 is 15.3 Å². The van der Waals surface area contributed by atoms with E-state index in [1.165, 1.54) is 0 Å². The molecule has 2 unspecified atom stereocenters. The normalized spacial score (nSPS) is 23.8. The third-order valence-electron chi connectivity index (χ3n) is 3.63. The van der Waals surface area contributed by atoms with Crippen LogP contribution in [0.3, 0.4) is 0 Å². The molecule has 104 valence electrons. The van der Waals surface area contributed by atoms with Gasteiger partial charge in [0.25, 0.3) is 0 Å². The lowest BCUT2D eigenvalue weighted by molar-refractivity contribution is -0.122. The lowest BCUT2D eigenvalue weighted by Crippen LogP contribution is -2.59. The summed E-state index contributed by atoms with van der Waals surface area (Å²) in [5, 5.41) is 12.3. The number of anilines is 1. The fraction of sp³-hybridized carbons (Fsp3) is 0.533. The number of carbonyl (C=O) groups is 1. The first kappa shape index (κ1) is 14.0. The summed E-state index contributed by atoms with van der Waals surface area (Å²) >= 11 is 0. The summed E-state index contributed by atoms with van der Waals surface area (Å²) in [6, 6.07) is 6.02. The van der Waals surface area contributed by atoms with Crippen molar-refractivity contribution in [2.75, 3.05) is 18.1 Å². The van der Waals surface area contributed by atoms with E-state index >= 15 is 0 Å². The number of hydrogen-bond donors (Lipinski definition) is 2. The molecule has 1 aliphatic heterocycles. The predicted molar refractivity (Wildman–Crippen MR) is 76.4 cm³/mol. The SMILES string of the molecule is Cc1cccc(C)c1N1CC(C)NC(CCO)C1=O. The molecule has 4 nitrogen and oxygen atoms in total. The van der Waals surface area contributed by atoms with Gasteiger partial charge in [-0.1, -0.05) is 18.2 Å². The highest BCUT2D eigenvalue weighted by molar-refractivity contribution is 5.99. The Balaban J connectivity index is 2.34. The molecular formula is C15H22N2O2. The molecular weight excluding hydrogens is 240 g/mol. The highest BCUT2D eigenvalue weighted by Gasteiger charge is 2.33. The van der Waals surface area contributed by atoms with Crippen molar-refractivity contribution in [1.82, 2.24) is 5.32 Å². The molecule has 1 fully saturated rings. The van der Waals surface area contributed by atoms with Crippen LogP contribution in [-0.4, -0.2) is 36.2 Å². The molecule has 0 bridgehead atoms. The molecule has 0 saturated carbocycles. The van der Waals surface area contributed by atoms with Crippen molar-refractivity contribution in [1.29, 1.82) is 0 Å². The Morgan fingerprint density at radius 2 is 2.00 bits per heavy atom. The molecule has 0 radical (unpaired) electrons. The Hall–Kier alpha value is -1.39. The Morgan fingerprint density at radius 1 is 1.37 bits per heavy atom. The van der Waals surface area contributed by atoms with Gasteiger partial charge in [0.1, 0.15) is 0 Å². The average molecular weight is 262 g/mol. The van der Waals surface area contributed by atoms with Crippen molar-refractivity contribution >= 4 is 11.6 Å². The van der Waals surface area contributed by atoms with Crippen LogP contribution in [0.15, 0.2) is 18.2 Å². The van der Waals surface area contributed by atoms with Crippen molar-refractivity contribution in [3.63, 3.8) is 0 Å². The number of rotatable bonds is 3. The lowest BCUT2D eigenvalue weighted by atomic mass is 10.0. The highest BCUT2D eigenvalue weighted by atomic mass is 16.3. The van der Waals surface area contributed by atoms with Gasteiger partial charge in [-0.05, 0) is 38.3 Å². The molecule has 1 aromatic carbocycles. The van der Waals surface area contributed by atoms with Crippen molar-refractivity contribution in [3.8, 4) is 0 Å². The number of hydrogen-bond acceptors (Lipinski definition) is 3. The minimum absolute atomic E-state index is 0.0245. The number of aliphatic hydroxyl groups is 1. The molecule has 1 heterocycles. The summed E-state index contributed by atoms with van der Waals surface area (Å²) in [6.07, 6.45) is 0.463. The Bertz CT molecular complexity index is 453. The van der Waals surface area contributed by atoms with Crippen molar-refractivity contribution in [2.24, 2.45) is 0 Å². The van der Waals surface area contributed by atoms with Crippen LogP contribution in [-0.2, 0) is 4.79 Å². The van der Waals surface area contributed by atoms with Gasteiger partial charge in [0, 0.05) is 24.9 Å². The molecule has 1 aliphatic rings. The zero-order valence-electron chi connectivity index (χ0n) is 11.8. The predicted octanol–water partition coefficient (Wildman–Crippen LogP) is 1.38. The second kappa shape index (κ2) is 5.72. The second-order valence-corrected chi connectivity index (χ2v) is 5.32. The molecule has 0 aromatic heterocycles. The number of nitrogens with zero attached hydrogens (tertiary/aromatic N) is 1. The van der Waals surface area contributed by atoms with Gasteiger partial charge in [0.2, 0.25) is 5.91 Å². The summed E-state index contributed by atoms with van der Waals surface area (Å²) < 4.78 is 0. The summed E-state index contributed by atoms with van der Waals surface area (Å²) in [6.45, 7) is 6.83. The van der Waals surface area contributed by atoms with Gasteiger partial charge in [-0.25, -0.2) is 0 Å². The zero-order valence-corrected chi connectivity index (χ0v) is 11.8. The van der Waals surface area contributed by atoms with E-state index < -0.39 is 0 Å². The molecule has 0 spiro atoms. The maximum absolute atomic E-state index is 12.5. The maximum atomic E-state index is 12.5. The smallest absolute Gasteiger partial charge is 0.244 e. The molecule has 1 aromatic rings. The Labute approximate surface area is 114 Å². The van der Waals surface area contributed by atoms with Crippen LogP contribution in [0.25, 0.3) is 0 Å².